The second-order valence-electron chi connectivity index (χ2n) is 4.00. The Morgan fingerprint density at radius 3 is 2.68 bits per heavy atom. The van der Waals surface area contributed by atoms with Gasteiger partial charge in [0, 0.05) is 13.2 Å². The second-order valence-corrected chi connectivity index (χ2v) is 4.00. The van der Waals surface area contributed by atoms with Crippen LogP contribution in [0.1, 0.15) is 15.9 Å². The van der Waals surface area contributed by atoms with E-state index in [0.717, 1.165) is 12.3 Å². The molecule has 0 spiro atoms. The van der Waals surface area contributed by atoms with E-state index in [2.05, 4.69) is 15.0 Å². The van der Waals surface area contributed by atoms with Gasteiger partial charge in [0.1, 0.15) is 22.7 Å². The second kappa shape index (κ2) is 4.79. The van der Waals surface area contributed by atoms with Gasteiger partial charge in [0.2, 0.25) is 0 Å². The van der Waals surface area contributed by atoms with E-state index >= 15 is 0 Å². The zero-order valence-electron chi connectivity index (χ0n) is 10.7. The number of anilines is 1. The lowest BCUT2D eigenvalue weighted by molar-refractivity contribution is 0.0601. The molecule has 0 aliphatic rings. The predicted octanol–water partition coefficient (Wildman–Crippen LogP) is 2.65. The minimum Gasteiger partial charge on any atom is -0.465 e. The first-order chi connectivity index (χ1) is 9.01. The van der Waals surface area contributed by atoms with Crippen LogP contribution in [0.3, 0.4) is 0 Å². The molecule has 0 atom stereocenters. The first-order valence-corrected chi connectivity index (χ1v) is 5.54. The number of nitrogens with one attached hydrogen (secondary N) is 1. The molecule has 2 rings (SSSR count). The Labute approximate surface area is 108 Å². The van der Waals surface area contributed by atoms with Crippen molar-refractivity contribution in [1.29, 1.82) is 0 Å². The summed E-state index contributed by atoms with van der Waals surface area (Å²) in [5, 5.41) is 2.65. The summed E-state index contributed by atoms with van der Waals surface area (Å²) >= 11 is 0. The molecule has 1 N–H and O–H groups in total. The number of nitrogens with zero attached hydrogens (tertiary/aromatic N) is 1. The van der Waals surface area contributed by atoms with Crippen molar-refractivity contribution in [3.05, 3.63) is 35.0 Å². The van der Waals surface area contributed by atoms with E-state index in [1.165, 1.54) is 21.1 Å². The Morgan fingerprint density at radius 1 is 1.42 bits per heavy atom. The van der Waals surface area contributed by atoms with E-state index in [-0.39, 0.29) is 27.7 Å². The van der Waals surface area contributed by atoms with Crippen LogP contribution in [0.4, 0.5) is 14.5 Å². The lowest BCUT2D eigenvalue weighted by Gasteiger charge is -2.12. The highest BCUT2D eigenvalue weighted by Gasteiger charge is 2.20. The number of carbonyl (C=O) groups excluding carboxylic acids is 1. The number of esters is 1. The van der Waals surface area contributed by atoms with Crippen LogP contribution >= 0.6 is 0 Å². The maximum atomic E-state index is 14.2. The van der Waals surface area contributed by atoms with Crippen LogP contribution in [-0.4, -0.2) is 25.1 Å². The number of rotatable bonds is 2. The molecule has 0 aliphatic carbocycles. The monoisotopic (exact) mass is 266 g/mol. The maximum Gasteiger partial charge on any atom is 0.341 e. The van der Waals surface area contributed by atoms with Gasteiger partial charge in [0.05, 0.1) is 18.2 Å². The van der Waals surface area contributed by atoms with Gasteiger partial charge in [-0.05, 0) is 18.6 Å². The topological polar surface area (TPSA) is 51.2 Å². The fraction of sp³-hybridized carbons (Fsp3) is 0.231. The molecular weight excluding hydrogens is 254 g/mol. The number of fused-ring (bicyclic) bond motifs is 1. The highest BCUT2D eigenvalue weighted by atomic mass is 19.1. The molecule has 19 heavy (non-hydrogen) atoms. The number of aryl methyl sites for hydroxylation is 1. The Hall–Kier alpha value is -2.24. The molecule has 100 valence electrons. The van der Waals surface area contributed by atoms with E-state index in [4.69, 9.17) is 0 Å². The number of hydrogen-bond acceptors (Lipinski definition) is 4. The predicted molar refractivity (Wildman–Crippen MR) is 67.3 cm³/mol. The fourth-order valence-corrected chi connectivity index (χ4v) is 1.95. The Morgan fingerprint density at radius 2 is 2.11 bits per heavy atom. The fourth-order valence-electron chi connectivity index (χ4n) is 1.95. The van der Waals surface area contributed by atoms with Crippen molar-refractivity contribution < 1.29 is 18.3 Å². The number of aromatic nitrogens is 1. The molecule has 0 saturated carbocycles. The van der Waals surface area contributed by atoms with Gasteiger partial charge >= 0.3 is 5.97 Å². The summed E-state index contributed by atoms with van der Waals surface area (Å²) in [6.07, 6.45) is 1.16. The summed E-state index contributed by atoms with van der Waals surface area (Å²) in [5.41, 5.74) is 0.240. The average molecular weight is 266 g/mol. The van der Waals surface area contributed by atoms with E-state index in [1.54, 1.807) is 0 Å². The summed E-state index contributed by atoms with van der Waals surface area (Å²) in [4.78, 5) is 15.4. The van der Waals surface area contributed by atoms with Crippen LogP contribution in [0.2, 0.25) is 0 Å². The zero-order chi connectivity index (χ0) is 14.2. The van der Waals surface area contributed by atoms with Crippen LogP contribution in [0.25, 0.3) is 10.9 Å². The molecule has 0 amide bonds. The summed E-state index contributed by atoms with van der Waals surface area (Å²) in [5.74, 6) is -1.92. The molecule has 0 unspecified atom stereocenters. The van der Waals surface area contributed by atoms with Gasteiger partial charge in [0.15, 0.2) is 0 Å². The van der Waals surface area contributed by atoms with E-state index in [9.17, 15) is 13.6 Å². The molecule has 2 aromatic rings. The number of hydrogen-bond donors (Lipinski definition) is 1. The minimum atomic E-state index is -0.667. The number of pyridine rings is 1. The Balaban J connectivity index is 2.93. The largest absolute Gasteiger partial charge is 0.465 e. The van der Waals surface area contributed by atoms with Gasteiger partial charge in [-0.2, -0.15) is 0 Å². The third-order valence-corrected chi connectivity index (χ3v) is 2.87. The van der Waals surface area contributed by atoms with Crippen LogP contribution in [0, 0.1) is 18.6 Å². The highest BCUT2D eigenvalue weighted by molar-refractivity contribution is 6.05. The summed E-state index contributed by atoms with van der Waals surface area (Å²) in [6.45, 7) is 1.45. The first-order valence-electron chi connectivity index (χ1n) is 5.54. The van der Waals surface area contributed by atoms with Gasteiger partial charge in [0.25, 0.3) is 0 Å². The van der Waals surface area contributed by atoms with Gasteiger partial charge < -0.3 is 10.1 Å². The van der Waals surface area contributed by atoms with Gasteiger partial charge in [-0.25, -0.2) is 13.6 Å². The molecule has 1 aromatic heterocycles. The molecule has 0 radical (unpaired) electrons. The molecule has 0 saturated heterocycles. The van der Waals surface area contributed by atoms with Gasteiger partial charge in [-0.1, -0.05) is 0 Å². The SMILES string of the molecule is CNc1c(C(=O)OC)cnc2c(F)cc(C)c(F)c12. The van der Waals surface area contributed by atoms with Crippen LogP contribution < -0.4 is 5.32 Å². The van der Waals surface area contributed by atoms with Crippen molar-refractivity contribution in [1.82, 2.24) is 4.98 Å². The molecule has 0 aliphatic heterocycles. The number of benzene rings is 1. The molecule has 6 heteroatoms. The smallest absolute Gasteiger partial charge is 0.341 e. The number of methoxy groups -OCH3 is 1. The third-order valence-electron chi connectivity index (χ3n) is 2.87. The molecule has 1 aromatic carbocycles. The quantitative estimate of drug-likeness (QED) is 0.849. The van der Waals surface area contributed by atoms with E-state index in [0.29, 0.717) is 0 Å². The van der Waals surface area contributed by atoms with Crippen molar-refractivity contribution in [2.75, 3.05) is 19.5 Å². The van der Waals surface area contributed by atoms with Crippen molar-refractivity contribution in [3.8, 4) is 0 Å². The standard InChI is InChI=1S/C13H12F2N2O2/c1-6-4-8(14)12-9(10(6)15)11(16-2)7(5-17-12)13(18)19-3/h4-5H,1-3H3,(H,16,17). The van der Waals surface area contributed by atoms with Crippen LogP contribution in [0.15, 0.2) is 12.3 Å². The van der Waals surface area contributed by atoms with E-state index < -0.39 is 17.6 Å². The van der Waals surface area contributed by atoms with Crippen LogP contribution in [0.5, 0.6) is 0 Å². The Kier molecular flexibility index (Phi) is 3.33. The lowest BCUT2D eigenvalue weighted by Crippen LogP contribution is -2.08. The van der Waals surface area contributed by atoms with Crippen LogP contribution in [-0.2, 0) is 4.74 Å². The Bertz CT molecular complexity index is 671. The number of halogens is 2. The normalized spacial score (nSPS) is 10.6. The first kappa shape index (κ1) is 13.2. The summed E-state index contributed by atoms with van der Waals surface area (Å²) < 4.78 is 32.6. The molecule has 4 nitrogen and oxygen atoms in total. The van der Waals surface area contributed by atoms with Gasteiger partial charge in [-0.15, -0.1) is 0 Å². The lowest BCUT2D eigenvalue weighted by atomic mass is 10.1. The maximum absolute atomic E-state index is 14.2. The van der Waals surface area contributed by atoms with Gasteiger partial charge in [-0.3, -0.25) is 4.98 Å². The summed E-state index contributed by atoms with van der Waals surface area (Å²) in [7, 11) is 2.72. The highest BCUT2D eigenvalue weighted by Crippen LogP contribution is 2.31. The van der Waals surface area contributed by atoms with Crippen molar-refractivity contribution >= 4 is 22.6 Å². The molecule has 0 bridgehead atoms. The molecular formula is C13H12F2N2O2. The molecule has 0 fully saturated rings. The summed E-state index contributed by atoms with van der Waals surface area (Å²) in [6, 6.07) is 1.07. The van der Waals surface area contributed by atoms with Crippen molar-refractivity contribution in [2.45, 2.75) is 6.92 Å². The van der Waals surface area contributed by atoms with E-state index in [1.807, 2.05) is 0 Å². The number of carbonyl (C=O) groups is 1. The van der Waals surface area contributed by atoms with Crippen molar-refractivity contribution in [2.24, 2.45) is 0 Å². The molecule has 1 heterocycles. The zero-order valence-corrected chi connectivity index (χ0v) is 10.7. The average Bonchev–Trinajstić information content (AvgIpc) is 2.42. The van der Waals surface area contributed by atoms with Crippen molar-refractivity contribution in [3.63, 3.8) is 0 Å². The third kappa shape index (κ3) is 1.99. The minimum absolute atomic E-state index is 0.0529. The number of ether oxygens (including phenoxy) is 1.